The van der Waals surface area contributed by atoms with Gasteiger partial charge in [0.25, 0.3) is 0 Å². The molecule has 0 heterocycles. The van der Waals surface area contributed by atoms with Gasteiger partial charge in [-0.25, -0.2) is 0 Å². The van der Waals surface area contributed by atoms with Crippen molar-refractivity contribution >= 4 is 56.5 Å². The van der Waals surface area contributed by atoms with Crippen molar-refractivity contribution in [3.8, 4) is 23.0 Å². The van der Waals surface area contributed by atoms with Crippen LogP contribution in [0.25, 0.3) is 0 Å². The number of aliphatic carboxylic acids is 1. The molecular formula is C46H52BrNO11. The Morgan fingerprint density at radius 1 is 0.678 bits per heavy atom. The number of benzene rings is 4. The predicted octanol–water partition coefficient (Wildman–Crippen LogP) is 8.02. The molecule has 0 bridgehead atoms. The normalized spacial score (nSPS) is 14.6. The van der Waals surface area contributed by atoms with Gasteiger partial charge in [-0.15, -0.1) is 0 Å². The molecule has 314 valence electrons. The Balaban J connectivity index is 0.000000215. The number of hydrogen-bond donors (Lipinski definition) is 2. The first-order valence-corrected chi connectivity index (χ1v) is 19.3. The van der Waals surface area contributed by atoms with E-state index in [9.17, 15) is 28.8 Å². The van der Waals surface area contributed by atoms with E-state index < -0.39 is 22.2 Å². The van der Waals surface area contributed by atoms with Crippen molar-refractivity contribution in [3.63, 3.8) is 0 Å². The van der Waals surface area contributed by atoms with E-state index in [1.165, 1.54) is 13.8 Å². The highest BCUT2D eigenvalue weighted by Crippen LogP contribution is 2.37. The number of nitrogen functional groups attached to an aromatic ring is 1. The third-order valence-electron chi connectivity index (χ3n) is 10.2. The molecule has 2 aliphatic carbocycles. The van der Waals surface area contributed by atoms with Crippen LogP contribution in [0, 0.1) is 16.2 Å². The van der Waals surface area contributed by atoms with E-state index in [4.69, 9.17) is 29.8 Å². The topological polar surface area (TPSA) is 186 Å². The van der Waals surface area contributed by atoms with E-state index in [1.807, 2.05) is 18.2 Å². The number of Topliss-reactive ketones (excluding diaryl/α,β-unsaturated/α-hetero) is 5. The van der Waals surface area contributed by atoms with Gasteiger partial charge in [0.15, 0.2) is 28.9 Å². The molecular weight excluding hydrogens is 822 g/mol. The van der Waals surface area contributed by atoms with Gasteiger partial charge in [-0.1, -0.05) is 18.2 Å². The van der Waals surface area contributed by atoms with Crippen LogP contribution in [-0.4, -0.2) is 68.4 Å². The maximum atomic E-state index is 12.2. The second kappa shape index (κ2) is 19.8. The van der Waals surface area contributed by atoms with Crippen LogP contribution in [-0.2, 0) is 38.4 Å². The standard InChI is InChI=1S/C13H13BrO3.C13H16O4.C13H14O3.C7H9NO/c1-13(2)11(15)5-7-4-10(17-3)9(14)6-8(7)12(13)16;1-13(2,12(15)16)11(14)8-9-5-4-6-10(7-9)17-3;1-13(2)11(14)7-8-6-9(16-3)4-5-10(8)12(13)15;1-9-7-4-2-3-6(8)5-7/h4,6H,5H2,1-3H3;4-7H,8H2,1-3H3,(H,15,16);4-6H,7H2,1-3H3;2-5H,8H2,1H3. The van der Waals surface area contributed by atoms with E-state index in [-0.39, 0.29) is 41.8 Å². The van der Waals surface area contributed by atoms with Crippen molar-refractivity contribution in [1.29, 1.82) is 0 Å². The highest BCUT2D eigenvalue weighted by atomic mass is 79.9. The number of hydrogen-bond acceptors (Lipinski definition) is 11. The Bertz CT molecular complexity index is 2240. The molecule has 0 aliphatic heterocycles. The molecule has 0 fully saturated rings. The number of carboxylic acid groups (broad SMARTS) is 1. The molecule has 12 nitrogen and oxygen atoms in total. The van der Waals surface area contributed by atoms with Gasteiger partial charge < -0.3 is 29.8 Å². The minimum atomic E-state index is -1.36. The van der Waals surface area contributed by atoms with Crippen LogP contribution in [0.4, 0.5) is 5.69 Å². The van der Waals surface area contributed by atoms with Gasteiger partial charge in [0.2, 0.25) is 0 Å². The van der Waals surface area contributed by atoms with Crippen LogP contribution in [0.15, 0.2) is 83.3 Å². The fourth-order valence-electron chi connectivity index (χ4n) is 5.84. The fourth-order valence-corrected chi connectivity index (χ4v) is 6.34. The number of carbonyl (C=O) groups is 6. The third-order valence-corrected chi connectivity index (χ3v) is 10.9. The summed E-state index contributed by atoms with van der Waals surface area (Å²) in [5.41, 5.74) is 6.56. The summed E-state index contributed by atoms with van der Waals surface area (Å²) in [6.07, 6.45) is 0.694. The minimum Gasteiger partial charge on any atom is -0.497 e. The Morgan fingerprint density at radius 3 is 1.66 bits per heavy atom. The highest BCUT2D eigenvalue weighted by molar-refractivity contribution is 9.10. The lowest BCUT2D eigenvalue weighted by molar-refractivity contribution is -0.152. The molecule has 0 aromatic heterocycles. The van der Waals surface area contributed by atoms with Crippen LogP contribution in [0.2, 0.25) is 0 Å². The predicted molar refractivity (Wildman–Crippen MR) is 228 cm³/mol. The maximum absolute atomic E-state index is 12.2. The average Bonchev–Trinajstić information content (AvgIpc) is 3.20. The van der Waals surface area contributed by atoms with Crippen molar-refractivity contribution in [3.05, 3.63) is 111 Å². The summed E-state index contributed by atoms with van der Waals surface area (Å²) in [7, 11) is 6.29. The molecule has 0 unspecified atom stereocenters. The number of ketones is 5. The molecule has 0 atom stereocenters. The van der Waals surface area contributed by atoms with Crippen molar-refractivity contribution in [1.82, 2.24) is 0 Å². The first-order valence-electron chi connectivity index (χ1n) is 18.5. The van der Waals surface area contributed by atoms with Gasteiger partial charge in [-0.05, 0) is 129 Å². The number of carboxylic acids is 1. The molecule has 3 N–H and O–H groups in total. The first-order chi connectivity index (χ1) is 27.5. The largest absolute Gasteiger partial charge is 0.497 e. The quantitative estimate of drug-likeness (QED) is 0.129. The van der Waals surface area contributed by atoms with Crippen LogP contribution in [0.5, 0.6) is 23.0 Å². The summed E-state index contributed by atoms with van der Waals surface area (Å²) in [6.45, 7) is 9.56. The molecule has 4 aromatic carbocycles. The summed E-state index contributed by atoms with van der Waals surface area (Å²) in [5.74, 6) is 1.07. The van der Waals surface area contributed by atoms with Crippen molar-refractivity contribution < 1.29 is 52.8 Å². The molecule has 0 saturated carbocycles. The van der Waals surface area contributed by atoms with E-state index in [2.05, 4.69) is 15.9 Å². The molecule has 2 aliphatic rings. The highest BCUT2D eigenvalue weighted by Gasteiger charge is 2.42. The molecule has 0 radical (unpaired) electrons. The van der Waals surface area contributed by atoms with Gasteiger partial charge in [0.1, 0.15) is 28.4 Å². The number of methoxy groups -OCH3 is 4. The molecule has 0 amide bonds. The summed E-state index contributed by atoms with van der Waals surface area (Å²) in [5, 5.41) is 8.94. The number of nitrogens with two attached hydrogens (primary N) is 1. The Morgan fingerprint density at radius 2 is 1.17 bits per heavy atom. The van der Waals surface area contributed by atoms with Gasteiger partial charge in [0, 0.05) is 42.1 Å². The van der Waals surface area contributed by atoms with Gasteiger partial charge in [-0.3, -0.25) is 28.8 Å². The van der Waals surface area contributed by atoms with Crippen molar-refractivity contribution in [2.45, 2.75) is 60.8 Å². The van der Waals surface area contributed by atoms with Crippen molar-refractivity contribution in [2.75, 3.05) is 34.2 Å². The molecule has 13 heteroatoms. The molecule has 4 aromatic rings. The van der Waals surface area contributed by atoms with Gasteiger partial charge in [-0.2, -0.15) is 0 Å². The monoisotopic (exact) mass is 873 g/mol. The lowest BCUT2D eigenvalue weighted by Crippen LogP contribution is -2.39. The average molecular weight is 875 g/mol. The summed E-state index contributed by atoms with van der Waals surface area (Å²) in [6, 6.07) is 23.1. The number of carbonyl (C=O) groups excluding carboxylic acids is 5. The lowest BCUT2D eigenvalue weighted by Gasteiger charge is -2.28. The molecule has 0 saturated heterocycles. The number of anilines is 1. The van der Waals surface area contributed by atoms with Crippen LogP contribution in [0.3, 0.4) is 0 Å². The smallest absolute Gasteiger partial charge is 0.316 e. The molecule has 59 heavy (non-hydrogen) atoms. The van der Waals surface area contributed by atoms with Crippen LogP contribution < -0.4 is 24.7 Å². The molecule has 0 spiro atoms. The van der Waals surface area contributed by atoms with Gasteiger partial charge >= 0.3 is 5.97 Å². The zero-order chi connectivity index (χ0) is 44.5. The molecule has 6 rings (SSSR count). The number of halogens is 1. The van der Waals surface area contributed by atoms with Crippen LogP contribution >= 0.6 is 15.9 Å². The van der Waals surface area contributed by atoms with E-state index in [0.717, 1.165) is 32.6 Å². The maximum Gasteiger partial charge on any atom is 0.316 e. The SMILES string of the molecule is COc1cc2c(cc1Br)C(=O)C(C)(C)C(=O)C2.COc1ccc2c(c1)CC(=O)C(C)(C)C2=O.COc1cccc(CC(=O)C(C)(C)C(=O)O)c1.COc1cccc(N)c1. The van der Waals surface area contributed by atoms with Crippen molar-refractivity contribution in [2.24, 2.45) is 16.2 Å². The second-order valence-electron chi connectivity index (χ2n) is 15.4. The summed E-state index contributed by atoms with van der Waals surface area (Å²) < 4.78 is 20.9. The number of fused-ring (bicyclic) bond motifs is 2. The number of rotatable bonds is 8. The van der Waals surface area contributed by atoms with E-state index in [1.54, 1.807) is 117 Å². The second-order valence-corrected chi connectivity index (χ2v) is 16.3. The van der Waals surface area contributed by atoms with Gasteiger partial charge in [0.05, 0.1) is 43.7 Å². The minimum absolute atomic E-state index is 0.0294. The zero-order valence-corrected chi connectivity index (χ0v) is 36.7. The zero-order valence-electron chi connectivity index (χ0n) is 35.1. The number of ether oxygens (including phenoxy) is 4. The van der Waals surface area contributed by atoms with E-state index >= 15 is 0 Å². The van der Waals surface area contributed by atoms with E-state index in [0.29, 0.717) is 34.8 Å². The Hall–Kier alpha value is -5.82. The fraction of sp³-hybridized carbons (Fsp3) is 0.348. The van der Waals surface area contributed by atoms with Crippen LogP contribution in [0.1, 0.15) is 78.9 Å². The lowest BCUT2D eigenvalue weighted by atomic mass is 9.72. The Kier molecular flexibility index (Phi) is 15.9. The summed E-state index contributed by atoms with van der Waals surface area (Å²) in [4.78, 5) is 70.8. The Labute approximate surface area is 353 Å². The summed E-state index contributed by atoms with van der Waals surface area (Å²) >= 11 is 3.35. The third kappa shape index (κ3) is 11.4. The first kappa shape index (κ1) is 47.6.